The molecule has 0 aliphatic carbocycles. The van der Waals surface area contributed by atoms with E-state index in [1.54, 1.807) is 23.4 Å². The van der Waals surface area contributed by atoms with Gasteiger partial charge in [0.05, 0.1) is 0 Å². The Morgan fingerprint density at radius 3 is 3.06 bits per heavy atom. The molecule has 17 heavy (non-hydrogen) atoms. The zero-order valence-electron chi connectivity index (χ0n) is 9.51. The molecule has 0 atom stereocenters. The summed E-state index contributed by atoms with van der Waals surface area (Å²) in [6.07, 6.45) is 6.04. The summed E-state index contributed by atoms with van der Waals surface area (Å²) in [6.45, 7) is 2.66. The van der Waals surface area contributed by atoms with E-state index in [4.69, 9.17) is 12.2 Å². The summed E-state index contributed by atoms with van der Waals surface area (Å²) >= 11 is 5.11. The van der Waals surface area contributed by atoms with Gasteiger partial charge in [-0.05, 0) is 36.3 Å². The van der Waals surface area contributed by atoms with Crippen molar-refractivity contribution < 1.29 is 4.79 Å². The van der Waals surface area contributed by atoms with Gasteiger partial charge in [-0.15, -0.1) is 0 Å². The van der Waals surface area contributed by atoms with Gasteiger partial charge in [-0.3, -0.25) is 14.7 Å². The van der Waals surface area contributed by atoms with Crippen LogP contribution in [0.15, 0.2) is 30.2 Å². The van der Waals surface area contributed by atoms with Gasteiger partial charge in [0.1, 0.15) is 5.70 Å². The van der Waals surface area contributed by atoms with E-state index in [1.807, 2.05) is 19.1 Å². The number of nitrogens with zero attached hydrogens (tertiary/aromatic N) is 2. The highest BCUT2D eigenvalue weighted by atomic mass is 32.1. The summed E-state index contributed by atoms with van der Waals surface area (Å²) in [5, 5.41) is 3.41. The maximum atomic E-state index is 12.0. The molecule has 1 saturated heterocycles. The number of carbonyl (C=O) groups is 1. The summed E-state index contributed by atoms with van der Waals surface area (Å²) in [5.41, 5.74) is 1.39. The van der Waals surface area contributed by atoms with E-state index in [9.17, 15) is 4.79 Å². The molecular formula is C12H13N3OS. The number of hydrogen-bond donors (Lipinski definition) is 1. The maximum absolute atomic E-state index is 12.0. The lowest BCUT2D eigenvalue weighted by atomic mass is 10.2. The molecule has 1 aliphatic rings. The summed E-state index contributed by atoms with van der Waals surface area (Å²) in [6, 6.07) is 3.72. The van der Waals surface area contributed by atoms with Gasteiger partial charge in [-0.1, -0.05) is 13.0 Å². The first-order valence-corrected chi connectivity index (χ1v) is 5.87. The molecule has 1 aromatic rings. The van der Waals surface area contributed by atoms with Gasteiger partial charge in [0.2, 0.25) is 0 Å². The number of hydrogen-bond acceptors (Lipinski definition) is 3. The van der Waals surface area contributed by atoms with Crippen LogP contribution in [0, 0.1) is 0 Å². The van der Waals surface area contributed by atoms with Crippen LogP contribution in [0.5, 0.6) is 0 Å². The van der Waals surface area contributed by atoms with Gasteiger partial charge in [-0.2, -0.15) is 0 Å². The number of rotatable bonds is 3. The molecule has 4 nitrogen and oxygen atoms in total. The van der Waals surface area contributed by atoms with Crippen molar-refractivity contribution in [1.29, 1.82) is 0 Å². The third-order valence-corrected chi connectivity index (χ3v) is 2.73. The van der Waals surface area contributed by atoms with Crippen LogP contribution in [-0.4, -0.2) is 27.4 Å². The molecule has 2 rings (SSSR count). The molecule has 1 amide bonds. The van der Waals surface area contributed by atoms with Gasteiger partial charge in [0.15, 0.2) is 5.11 Å². The van der Waals surface area contributed by atoms with Crippen molar-refractivity contribution in [3.8, 4) is 0 Å². The van der Waals surface area contributed by atoms with Crippen molar-refractivity contribution >= 4 is 29.3 Å². The minimum atomic E-state index is -0.0688. The molecular weight excluding hydrogens is 234 g/mol. The molecule has 0 radical (unpaired) electrons. The molecule has 1 N–H and O–H groups in total. The molecule has 0 spiro atoms. The maximum Gasteiger partial charge on any atom is 0.276 e. The molecule has 5 heteroatoms. The highest BCUT2D eigenvalue weighted by Crippen LogP contribution is 2.13. The number of carbonyl (C=O) groups excluding carboxylic acids is 1. The largest absolute Gasteiger partial charge is 0.328 e. The second-order valence-corrected chi connectivity index (χ2v) is 4.12. The second kappa shape index (κ2) is 5.05. The molecule has 1 aromatic heterocycles. The van der Waals surface area contributed by atoms with E-state index in [0.717, 1.165) is 12.0 Å². The van der Waals surface area contributed by atoms with Crippen molar-refractivity contribution in [2.45, 2.75) is 13.3 Å². The Morgan fingerprint density at radius 2 is 2.41 bits per heavy atom. The fourth-order valence-electron chi connectivity index (χ4n) is 1.63. The first-order valence-electron chi connectivity index (χ1n) is 5.47. The van der Waals surface area contributed by atoms with E-state index in [2.05, 4.69) is 10.3 Å². The lowest BCUT2D eigenvalue weighted by Crippen LogP contribution is -2.31. The highest BCUT2D eigenvalue weighted by molar-refractivity contribution is 7.80. The van der Waals surface area contributed by atoms with Gasteiger partial charge in [0, 0.05) is 18.9 Å². The number of nitrogens with one attached hydrogen (secondary N) is 1. The summed E-state index contributed by atoms with van der Waals surface area (Å²) in [4.78, 5) is 17.6. The number of aromatic nitrogens is 1. The predicted octanol–water partition coefficient (Wildman–Crippen LogP) is 1.55. The van der Waals surface area contributed by atoms with Crippen molar-refractivity contribution in [2.24, 2.45) is 0 Å². The standard InChI is InChI=1S/C12H13N3OS/c1-2-6-15-11(16)10(14-12(15)17)7-9-4-3-5-13-8-9/h3-5,7-8H,2,6H2,1H3,(H,14,17)/b10-7+. The molecule has 0 bridgehead atoms. The van der Waals surface area contributed by atoms with E-state index in [-0.39, 0.29) is 5.91 Å². The van der Waals surface area contributed by atoms with Gasteiger partial charge < -0.3 is 5.32 Å². The lowest BCUT2D eigenvalue weighted by molar-refractivity contribution is -0.122. The monoisotopic (exact) mass is 247 g/mol. The van der Waals surface area contributed by atoms with Crippen molar-refractivity contribution in [3.63, 3.8) is 0 Å². The normalized spacial score (nSPS) is 17.7. The zero-order valence-corrected chi connectivity index (χ0v) is 10.3. The average Bonchev–Trinajstić information content (AvgIpc) is 2.59. The van der Waals surface area contributed by atoms with Crippen LogP contribution in [0.4, 0.5) is 0 Å². The molecule has 1 aliphatic heterocycles. The summed E-state index contributed by atoms with van der Waals surface area (Å²) in [5.74, 6) is -0.0688. The number of amides is 1. The quantitative estimate of drug-likeness (QED) is 0.650. The Labute approximate surface area is 105 Å². The van der Waals surface area contributed by atoms with Gasteiger partial charge in [-0.25, -0.2) is 0 Å². The Hall–Kier alpha value is -1.75. The molecule has 0 saturated carbocycles. The summed E-state index contributed by atoms with van der Waals surface area (Å²) < 4.78 is 0. The summed E-state index contributed by atoms with van der Waals surface area (Å²) in [7, 11) is 0. The molecule has 2 heterocycles. The van der Waals surface area contributed by atoms with Crippen LogP contribution < -0.4 is 5.32 Å². The second-order valence-electron chi connectivity index (χ2n) is 3.73. The van der Waals surface area contributed by atoms with Crippen molar-refractivity contribution in [2.75, 3.05) is 6.54 Å². The van der Waals surface area contributed by atoms with Crippen molar-refractivity contribution in [3.05, 3.63) is 35.8 Å². The Kier molecular flexibility index (Phi) is 3.49. The van der Waals surface area contributed by atoms with Gasteiger partial charge in [0.25, 0.3) is 5.91 Å². The molecule has 88 valence electrons. The minimum Gasteiger partial charge on any atom is -0.328 e. The third kappa shape index (κ3) is 2.50. The van der Waals surface area contributed by atoms with Crippen LogP contribution in [0.2, 0.25) is 0 Å². The average molecular weight is 247 g/mol. The van der Waals surface area contributed by atoms with Crippen LogP contribution in [0.1, 0.15) is 18.9 Å². The molecule has 1 fully saturated rings. The minimum absolute atomic E-state index is 0.0688. The van der Waals surface area contributed by atoms with E-state index < -0.39 is 0 Å². The van der Waals surface area contributed by atoms with E-state index in [0.29, 0.717) is 17.4 Å². The smallest absolute Gasteiger partial charge is 0.276 e. The number of thiocarbonyl (C=S) groups is 1. The van der Waals surface area contributed by atoms with Crippen molar-refractivity contribution in [1.82, 2.24) is 15.2 Å². The molecule has 0 unspecified atom stereocenters. The van der Waals surface area contributed by atoms with Crippen LogP contribution in [-0.2, 0) is 4.79 Å². The SMILES string of the molecule is CCCN1C(=O)/C(=C\c2cccnc2)NC1=S. The Bertz CT molecular complexity index is 470. The first-order chi connectivity index (χ1) is 8.22. The van der Waals surface area contributed by atoms with Gasteiger partial charge >= 0.3 is 0 Å². The Morgan fingerprint density at radius 1 is 1.59 bits per heavy atom. The molecule has 0 aromatic carbocycles. The zero-order chi connectivity index (χ0) is 12.3. The fraction of sp³-hybridized carbons (Fsp3) is 0.250. The fourth-order valence-corrected chi connectivity index (χ4v) is 1.91. The lowest BCUT2D eigenvalue weighted by Gasteiger charge is -2.11. The highest BCUT2D eigenvalue weighted by Gasteiger charge is 2.29. The van der Waals surface area contributed by atoms with Crippen LogP contribution in [0.25, 0.3) is 6.08 Å². The third-order valence-electron chi connectivity index (χ3n) is 2.40. The van der Waals surface area contributed by atoms with Crippen LogP contribution >= 0.6 is 12.2 Å². The van der Waals surface area contributed by atoms with E-state index >= 15 is 0 Å². The topological polar surface area (TPSA) is 45.2 Å². The van der Waals surface area contributed by atoms with Crippen LogP contribution in [0.3, 0.4) is 0 Å². The Balaban J connectivity index is 2.22. The van der Waals surface area contributed by atoms with E-state index in [1.165, 1.54) is 0 Å². The first kappa shape index (κ1) is 11.7. The number of pyridine rings is 1. The predicted molar refractivity (Wildman–Crippen MR) is 70.0 cm³/mol.